The topological polar surface area (TPSA) is 58.1 Å². The maximum atomic E-state index is 12.5. The van der Waals surface area contributed by atoms with Gasteiger partial charge in [-0.1, -0.05) is 12.2 Å². The van der Waals surface area contributed by atoms with Gasteiger partial charge >= 0.3 is 0 Å². The smallest absolute Gasteiger partial charge is 0.225 e. The molecule has 5 nitrogen and oxygen atoms in total. The first-order valence-electron chi connectivity index (χ1n) is 9.62. The van der Waals surface area contributed by atoms with Gasteiger partial charge < -0.3 is 10.2 Å². The van der Waals surface area contributed by atoms with Crippen LogP contribution in [0.3, 0.4) is 0 Å². The van der Waals surface area contributed by atoms with E-state index in [4.69, 9.17) is 0 Å². The lowest BCUT2D eigenvalue weighted by atomic mass is 9.92. The van der Waals surface area contributed by atoms with Gasteiger partial charge in [-0.2, -0.15) is 0 Å². The van der Waals surface area contributed by atoms with E-state index in [9.17, 15) is 4.79 Å². The fourth-order valence-corrected chi connectivity index (χ4v) is 4.70. The van der Waals surface area contributed by atoms with Gasteiger partial charge in [-0.25, -0.2) is 9.97 Å². The zero-order chi connectivity index (χ0) is 17.4. The molecular formula is C20H28N4O. The molecule has 5 heteroatoms. The molecule has 2 bridgehead atoms. The minimum absolute atomic E-state index is 0.135. The summed E-state index contributed by atoms with van der Waals surface area (Å²) in [5, 5.41) is 3.23. The molecule has 3 aliphatic rings. The summed E-state index contributed by atoms with van der Waals surface area (Å²) in [6.45, 7) is 6.58. The Kier molecular flexibility index (Phi) is 4.48. The molecule has 2 fully saturated rings. The summed E-state index contributed by atoms with van der Waals surface area (Å²) in [5.41, 5.74) is 2.00. The van der Waals surface area contributed by atoms with E-state index in [-0.39, 0.29) is 11.8 Å². The van der Waals surface area contributed by atoms with Crippen LogP contribution in [0.15, 0.2) is 18.2 Å². The lowest BCUT2D eigenvalue weighted by molar-refractivity contribution is -0.125. The summed E-state index contributed by atoms with van der Waals surface area (Å²) < 4.78 is 0. The van der Waals surface area contributed by atoms with E-state index in [1.807, 2.05) is 19.9 Å². The van der Waals surface area contributed by atoms with Crippen LogP contribution in [0.25, 0.3) is 0 Å². The molecule has 4 rings (SSSR count). The Morgan fingerprint density at radius 3 is 2.48 bits per heavy atom. The number of carbonyl (C=O) groups is 1. The summed E-state index contributed by atoms with van der Waals surface area (Å²) in [7, 11) is 0. The standard InChI is InChI=1S/C20H28N4O/c1-13-9-14(2)23-20(22-13)24-7-5-16(6-8-24)19(25)21-12-18-11-15-3-4-17(18)10-15/h3-4,9,15-18H,5-8,10-12H2,1-2H3,(H,21,25)/t15-,17-,18+/m0/s1. The SMILES string of the molecule is Cc1cc(C)nc(N2CCC(C(=O)NC[C@H]3C[C@H]4C=C[C@H]3C4)CC2)n1. The molecule has 2 heterocycles. The Bertz CT molecular complexity index is 658. The van der Waals surface area contributed by atoms with Crippen molar-refractivity contribution in [2.45, 2.75) is 39.5 Å². The van der Waals surface area contributed by atoms with Crippen molar-refractivity contribution in [3.05, 3.63) is 29.6 Å². The van der Waals surface area contributed by atoms with Crippen LogP contribution in [0.2, 0.25) is 0 Å². The van der Waals surface area contributed by atoms with Crippen LogP contribution in [0.1, 0.15) is 37.1 Å². The van der Waals surface area contributed by atoms with Crippen molar-refractivity contribution in [1.82, 2.24) is 15.3 Å². The van der Waals surface area contributed by atoms with Crippen molar-refractivity contribution in [1.29, 1.82) is 0 Å². The van der Waals surface area contributed by atoms with Gasteiger partial charge in [0.15, 0.2) is 0 Å². The summed E-state index contributed by atoms with van der Waals surface area (Å²) in [4.78, 5) is 23.8. The number of rotatable bonds is 4. The highest BCUT2D eigenvalue weighted by Gasteiger charge is 2.36. The van der Waals surface area contributed by atoms with Gasteiger partial charge in [-0.05, 0) is 63.4 Å². The molecule has 0 aromatic carbocycles. The van der Waals surface area contributed by atoms with Crippen LogP contribution >= 0.6 is 0 Å². The number of anilines is 1. The molecule has 25 heavy (non-hydrogen) atoms. The number of fused-ring (bicyclic) bond motifs is 2. The van der Waals surface area contributed by atoms with Gasteiger partial charge in [0.25, 0.3) is 0 Å². The number of piperidine rings is 1. The summed E-state index contributed by atoms with van der Waals surface area (Å²) in [5.74, 6) is 3.32. The van der Waals surface area contributed by atoms with E-state index >= 15 is 0 Å². The number of nitrogens with one attached hydrogen (secondary N) is 1. The van der Waals surface area contributed by atoms with Gasteiger partial charge in [0.2, 0.25) is 11.9 Å². The molecule has 134 valence electrons. The quantitative estimate of drug-likeness (QED) is 0.856. The third-order valence-electron chi connectivity index (χ3n) is 6.07. The van der Waals surface area contributed by atoms with E-state index in [1.165, 1.54) is 12.8 Å². The fraction of sp³-hybridized carbons (Fsp3) is 0.650. The van der Waals surface area contributed by atoms with Crippen LogP contribution in [0, 0.1) is 37.5 Å². The van der Waals surface area contributed by atoms with Crippen molar-refractivity contribution >= 4 is 11.9 Å². The van der Waals surface area contributed by atoms with Crippen LogP contribution in [-0.2, 0) is 4.79 Å². The Hall–Kier alpha value is -1.91. The van der Waals surface area contributed by atoms with E-state index in [0.717, 1.165) is 55.7 Å². The molecule has 0 radical (unpaired) electrons. The molecule has 1 aromatic rings. The van der Waals surface area contributed by atoms with Crippen LogP contribution in [0.5, 0.6) is 0 Å². The lowest BCUT2D eigenvalue weighted by Crippen LogP contribution is -2.42. The van der Waals surface area contributed by atoms with E-state index in [2.05, 4.69) is 32.3 Å². The first-order valence-corrected chi connectivity index (χ1v) is 9.62. The molecule has 1 N–H and O–H groups in total. The zero-order valence-corrected chi connectivity index (χ0v) is 15.2. The van der Waals surface area contributed by atoms with Crippen molar-refractivity contribution < 1.29 is 4.79 Å². The third-order valence-corrected chi connectivity index (χ3v) is 6.07. The minimum atomic E-state index is 0.135. The first-order chi connectivity index (χ1) is 12.1. The predicted molar refractivity (Wildman–Crippen MR) is 98.3 cm³/mol. The molecule has 3 atom stereocenters. The number of hydrogen-bond donors (Lipinski definition) is 1. The lowest BCUT2D eigenvalue weighted by Gasteiger charge is -2.32. The number of carbonyl (C=O) groups excluding carboxylic acids is 1. The molecular weight excluding hydrogens is 312 g/mol. The highest BCUT2D eigenvalue weighted by molar-refractivity contribution is 5.79. The van der Waals surface area contributed by atoms with Crippen molar-refractivity contribution in [2.24, 2.45) is 23.7 Å². The second-order valence-electron chi connectivity index (χ2n) is 8.00. The van der Waals surface area contributed by atoms with Crippen molar-refractivity contribution in [3.63, 3.8) is 0 Å². The second kappa shape index (κ2) is 6.77. The van der Waals surface area contributed by atoms with Gasteiger partial charge in [0.05, 0.1) is 0 Å². The molecule has 2 aliphatic carbocycles. The Labute approximate surface area is 149 Å². The molecule has 0 spiro atoms. The van der Waals surface area contributed by atoms with E-state index in [1.54, 1.807) is 0 Å². The number of aromatic nitrogens is 2. The highest BCUT2D eigenvalue weighted by Crippen LogP contribution is 2.43. The van der Waals surface area contributed by atoms with E-state index < -0.39 is 0 Å². The Morgan fingerprint density at radius 1 is 1.16 bits per heavy atom. The van der Waals surface area contributed by atoms with Crippen molar-refractivity contribution in [3.8, 4) is 0 Å². The Morgan fingerprint density at radius 2 is 1.88 bits per heavy atom. The molecule has 0 unspecified atom stereocenters. The Balaban J connectivity index is 1.26. The molecule has 1 saturated heterocycles. The number of allylic oxidation sites excluding steroid dienone is 2. The average molecular weight is 340 g/mol. The maximum absolute atomic E-state index is 12.5. The van der Waals surface area contributed by atoms with Crippen LogP contribution < -0.4 is 10.2 Å². The molecule has 1 aliphatic heterocycles. The van der Waals surface area contributed by atoms with Gasteiger partial charge in [-0.15, -0.1) is 0 Å². The maximum Gasteiger partial charge on any atom is 0.225 e. The number of hydrogen-bond acceptors (Lipinski definition) is 4. The monoisotopic (exact) mass is 340 g/mol. The fourth-order valence-electron chi connectivity index (χ4n) is 4.70. The molecule has 1 aromatic heterocycles. The number of nitrogens with zero attached hydrogens (tertiary/aromatic N) is 3. The van der Waals surface area contributed by atoms with Crippen LogP contribution in [-0.4, -0.2) is 35.5 Å². The van der Waals surface area contributed by atoms with Gasteiger partial charge in [-0.3, -0.25) is 4.79 Å². The molecule has 1 saturated carbocycles. The largest absolute Gasteiger partial charge is 0.356 e. The third kappa shape index (κ3) is 3.55. The van der Waals surface area contributed by atoms with Crippen molar-refractivity contribution in [2.75, 3.05) is 24.5 Å². The van der Waals surface area contributed by atoms with E-state index in [0.29, 0.717) is 11.8 Å². The number of amides is 1. The van der Waals surface area contributed by atoms with Crippen LogP contribution in [0.4, 0.5) is 5.95 Å². The summed E-state index contributed by atoms with van der Waals surface area (Å²) in [6.07, 6.45) is 9.04. The average Bonchev–Trinajstić information content (AvgIpc) is 3.22. The second-order valence-corrected chi connectivity index (χ2v) is 8.00. The minimum Gasteiger partial charge on any atom is -0.356 e. The summed E-state index contributed by atoms with van der Waals surface area (Å²) >= 11 is 0. The number of aryl methyl sites for hydroxylation is 2. The first kappa shape index (κ1) is 16.6. The summed E-state index contributed by atoms with van der Waals surface area (Å²) in [6, 6.07) is 1.99. The zero-order valence-electron chi connectivity index (χ0n) is 15.2. The predicted octanol–water partition coefficient (Wildman–Crippen LogP) is 2.64. The normalized spacial score (nSPS) is 28.6. The highest BCUT2D eigenvalue weighted by atomic mass is 16.1. The van der Waals surface area contributed by atoms with Gasteiger partial charge in [0, 0.05) is 36.9 Å². The molecule has 1 amide bonds. The van der Waals surface area contributed by atoms with Gasteiger partial charge in [0.1, 0.15) is 0 Å².